The molecule has 1 heterocycles. The third-order valence-corrected chi connectivity index (χ3v) is 5.10. The quantitative estimate of drug-likeness (QED) is 0.743. The Hall–Kier alpha value is -2.87. The van der Waals surface area contributed by atoms with Crippen molar-refractivity contribution in [1.82, 2.24) is 5.32 Å². The predicted molar refractivity (Wildman–Crippen MR) is 98.5 cm³/mol. The van der Waals surface area contributed by atoms with Gasteiger partial charge in [0.2, 0.25) is 5.91 Å². The van der Waals surface area contributed by atoms with Crippen LogP contribution in [0.1, 0.15) is 12.0 Å². The number of rotatable bonds is 6. The summed E-state index contributed by atoms with van der Waals surface area (Å²) in [6, 6.07) is 13.0. The highest BCUT2D eigenvalue weighted by Gasteiger charge is 2.29. The van der Waals surface area contributed by atoms with Crippen molar-refractivity contribution in [2.75, 3.05) is 11.9 Å². The number of carbonyl (C=O) groups is 3. The summed E-state index contributed by atoms with van der Waals surface area (Å²) in [5.74, 6) is -1.72. The molecule has 1 aliphatic rings. The average Bonchev–Trinajstić information content (AvgIpc) is 2.66. The molecular formula is C19H17FN2O4S. The number of carbonyl (C=O) groups excluding carboxylic acids is 3. The molecule has 0 spiro atoms. The number of thioether (sulfide) groups is 1. The maximum Gasteiger partial charge on any atom is 0.307 e. The monoisotopic (exact) mass is 388 g/mol. The van der Waals surface area contributed by atoms with Crippen molar-refractivity contribution in [2.45, 2.75) is 23.1 Å². The molecule has 0 unspecified atom stereocenters. The normalized spacial score (nSPS) is 15.4. The smallest absolute Gasteiger partial charge is 0.307 e. The number of nitrogens with one attached hydrogen (secondary N) is 2. The zero-order valence-corrected chi connectivity index (χ0v) is 15.1. The molecule has 0 aromatic heterocycles. The molecule has 1 atom stereocenters. The Morgan fingerprint density at radius 1 is 1.15 bits per heavy atom. The van der Waals surface area contributed by atoms with Crippen LogP contribution in [0.4, 0.5) is 10.1 Å². The molecule has 0 bridgehead atoms. The molecule has 3 rings (SSSR count). The summed E-state index contributed by atoms with van der Waals surface area (Å²) in [4.78, 5) is 36.7. The van der Waals surface area contributed by atoms with E-state index in [2.05, 4.69) is 10.6 Å². The second-order valence-electron chi connectivity index (χ2n) is 5.86. The van der Waals surface area contributed by atoms with E-state index in [1.54, 1.807) is 18.2 Å². The summed E-state index contributed by atoms with van der Waals surface area (Å²) in [5, 5.41) is 4.72. The van der Waals surface area contributed by atoms with Gasteiger partial charge in [-0.25, -0.2) is 4.39 Å². The number of halogens is 1. The molecule has 0 aliphatic carbocycles. The molecule has 8 heteroatoms. The van der Waals surface area contributed by atoms with Gasteiger partial charge in [-0.3, -0.25) is 14.4 Å². The lowest BCUT2D eigenvalue weighted by Crippen LogP contribution is -2.33. The van der Waals surface area contributed by atoms with Gasteiger partial charge in [0.1, 0.15) is 5.82 Å². The van der Waals surface area contributed by atoms with Gasteiger partial charge in [0.15, 0.2) is 6.61 Å². The first-order valence-corrected chi connectivity index (χ1v) is 9.12. The summed E-state index contributed by atoms with van der Waals surface area (Å²) < 4.78 is 17.8. The molecule has 27 heavy (non-hydrogen) atoms. The highest BCUT2D eigenvalue weighted by atomic mass is 32.2. The van der Waals surface area contributed by atoms with Gasteiger partial charge in [0.05, 0.1) is 17.4 Å². The van der Waals surface area contributed by atoms with E-state index in [1.165, 1.54) is 23.9 Å². The first-order valence-electron chi connectivity index (χ1n) is 8.24. The zero-order chi connectivity index (χ0) is 19.2. The van der Waals surface area contributed by atoms with E-state index in [4.69, 9.17) is 4.74 Å². The number of benzene rings is 2. The van der Waals surface area contributed by atoms with E-state index < -0.39 is 23.7 Å². The van der Waals surface area contributed by atoms with Gasteiger partial charge in [-0.1, -0.05) is 24.3 Å². The molecule has 1 aliphatic heterocycles. The lowest BCUT2D eigenvalue weighted by atomic mass is 10.2. The lowest BCUT2D eigenvalue weighted by molar-refractivity contribution is -0.149. The van der Waals surface area contributed by atoms with Crippen molar-refractivity contribution < 1.29 is 23.5 Å². The predicted octanol–water partition coefficient (Wildman–Crippen LogP) is 2.49. The fourth-order valence-electron chi connectivity index (χ4n) is 2.44. The van der Waals surface area contributed by atoms with E-state index >= 15 is 0 Å². The first-order chi connectivity index (χ1) is 13.0. The van der Waals surface area contributed by atoms with E-state index in [-0.39, 0.29) is 24.7 Å². The minimum Gasteiger partial charge on any atom is -0.456 e. The number of ether oxygens (including phenoxy) is 1. The lowest BCUT2D eigenvalue weighted by Gasteiger charge is -2.23. The largest absolute Gasteiger partial charge is 0.456 e. The Morgan fingerprint density at radius 2 is 1.89 bits per heavy atom. The third-order valence-electron chi connectivity index (χ3n) is 3.83. The minimum absolute atomic E-state index is 0.129. The molecule has 2 aromatic carbocycles. The molecule has 6 nitrogen and oxygen atoms in total. The topological polar surface area (TPSA) is 84.5 Å². The van der Waals surface area contributed by atoms with Crippen molar-refractivity contribution in [2.24, 2.45) is 0 Å². The van der Waals surface area contributed by atoms with Gasteiger partial charge in [-0.15, -0.1) is 11.8 Å². The van der Waals surface area contributed by atoms with Gasteiger partial charge in [-0.05, 0) is 29.8 Å². The number of fused-ring (bicyclic) bond motifs is 1. The summed E-state index contributed by atoms with van der Waals surface area (Å²) in [6.07, 6.45) is -0.129. The second kappa shape index (κ2) is 8.68. The van der Waals surface area contributed by atoms with Crippen LogP contribution in [-0.2, 0) is 25.7 Å². The van der Waals surface area contributed by atoms with Crippen LogP contribution in [0.3, 0.4) is 0 Å². The summed E-state index contributed by atoms with van der Waals surface area (Å²) in [7, 11) is 0. The Balaban J connectivity index is 1.42. The van der Waals surface area contributed by atoms with Gasteiger partial charge in [0.25, 0.3) is 5.91 Å². The second-order valence-corrected chi connectivity index (χ2v) is 7.10. The molecule has 140 valence electrons. The SMILES string of the molecule is O=C(COC(=O)C[C@H]1Sc2ccccc2NC1=O)NCc1ccc(F)cc1. The maximum absolute atomic E-state index is 12.8. The molecule has 0 radical (unpaired) electrons. The van der Waals surface area contributed by atoms with Crippen LogP contribution in [0.15, 0.2) is 53.4 Å². The van der Waals surface area contributed by atoms with Crippen LogP contribution < -0.4 is 10.6 Å². The summed E-state index contributed by atoms with van der Waals surface area (Å²) >= 11 is 1.29. The molecular weight excluding hydrogens is 371 g/mol. The van der Waals surface area contributed by atoms with Crippen molar-refractivity contribution in [3.8, 4) is 0 Å². The van der Waals surface area contributed by atoms with Crippen LogP contribution in [-0.4, -0.2) is 29.6 Å². The molecule has 2 aromatic rings. The molecule has 2 amide bonds. The van der Waals surface area contributed by atoms with Crippen LogP contribution in [0, 0.1) is 5.82 Å². The van der Waals surface area contributed by atoms with Crippen LogP contribution in [0.25, 0.3) is 0 Å². The first kappa shape index (κ1) is 18.9. The van der Waals surface area contributed by atoms with Gasteiger partial charge < -0.3 is 15.4 Å². The van der Waals surface area contributed by atoms with E-state index in [0.29, 0.717) is 0 Å². The number of anilines is 1. The number of para-hydroxylation sites is 1. The van der Waals surface area contributed by atoms with Crippen molar-refractivity contribution >= 4 is 35.2 Å². The van der Waals surface area contributed by atoms with Crippen LogP contribution >= 0.6 is 11.8 Å². The number of hydrogen-bond acceptors (Lipinski definition) is 5. The fourth-order valence-corrected chi connectivity index (χ4v) is 3.53. The number of esters is 1. The molecule has 0 fully saturated rings. The van der Waals surface area contributed by atoms with E-state index in [9.17, 15) is 18.8 Å². The number of amides is 2. The van der Waals surface area contributed by atoms with Gasteiger partial charge >= 0.3 is 5.97 Å². The van der Waals surface area contributed by atoms with Crippen LogP contribution in [0.5, 0.6) is 0 Å². The molecule has 0 saturated heterocycles. The Bertz CT molecular complexity index is 857. The van der Waals surface area contributed by atoms with E-state index in [0.717, 1.165) is 16.1 Å². The maximum atomic E-state index is 12.8. The molecule has 2 N–H and O–H groups in total. The zero-order valence-electron chi connectivity index (χ0n) is 14.2. The molecule has 0 saturated carbocycles. The van der Waals surface area contributed by atoms with Crippen LogP contribution in [0.2, 0.25) is 0 Å². The summed E-state index contributed by atoms with van der Waals surface area (Å²) in [5.41, 5.74) is 1.45. The Labute approximate surface area is 159 Å². The standard InChI is InChI=1S/C19H17FN2O4S/c20-13-7-5-12(6-8-13)10-21-17(23)11-26-18(24)9-16-19(25)22-14-3-1-2-4-15(14)27-16/h1-8,16H,9-11H2,(H,21,23)(H,22,25)/t16-/m1/s1. The number of hydrogen-bond donors (Lipinski definition) is 2. The highest BCUT2D eigenvalue weighted by molar-refractivity contribution is 8.01. The van der Waals surface area contributed by atoms with Gasteiger partial charge in [-0.2, -0.15) is 0 Å². The Kier molecular flexibility index (Phi) is 6.08. The third kappa shape index (κ3) is 5.30. The van der Waals surface area contributed by atoms with Crippen molar-refractivity contribution in [1.29, 1.82) is 0 Å². The Morgan fingerprint density at radius 3 is 2.67 bits per heavy atom. The van der Waals surface area contributed by atoms with Gasteiger partial charge in [0, 0.05) is 11.4 Å². The highest BCUT2D eigenvalue weighted by Crippen LogP contribution is 2.36. The van der Waals surface area contributed by atoms with Crippen molar-refractivity contribution in [3.05, 3.63) is 59.9 Å². The average molecular weight is 388 g/mol. The summed E-state index contributed by atoms with van der Waals surface area (Å²) in [6.45, 7) is -0.232. The van der Waals surface area contributed by atoms with Crippen molar-refractivity contribution in [3.63, 3.8) is 0 Å². The van der Waals surface area contributed by atoms with E-state index in [1.807, 2.05) is 18.2 Å². The minimum atomic E-state index is -0.626. The fraction of sp³-hybridized carbons (Fsp3) is 0.211.